The first-order valence-corrected chi connectivity index (χ1v) is 7.01. The van der Waals surface area contributed by atoms with Gasteiger partial charge >= 0.3 is 0 Å². The third-order valence-corrected chi connectivity index (χ3v) is 3.91. The van der Waals surface area contributed by atoms with E-state index in [2.05, 4.69) is 13.0 Å². The van der Waals surface area contributed by atoms with E-state index in [0.717, 1.165) is 24.5 Å². The van der Waals surface area contributed by atoms with Gasteiger partial charge in [-0.15, -0.1) is 0 Å². The molecule has 19 heavy (non-hydrogen) atoms. The SMILES string of the molecule is CCC1CCCC(Oc2cc(OC)ccc2C#N)C1. The second kappa shape index (κ2) is 6.47. The van der Waals surface area contributed by atoms with Crippen LogP contribution in [0.4, 0.5) is 0 Å². The average Bonchev–Trinajstić information content (AvgIpc) is 2.47. The second-order valence-electron chi connectivity index (χ2n) is 5.15. The highest BCUT2D eigenvalue weighted by atomic mass is 16.5. The Morgan fingerprint density at radius 1 is 1.37 bits per heavy atom. The molecule has 2 rings (SSSR count). The summed E-state index contributed by atoms with van der Waals surface area (Å²) in [6.07, 6.45) is 6.15. The molecule has 1 saturated carbocycles. The molecule has 1 aromatic rings. The molecule has 0 aromatic heterocycles. The Morgan fingerprint density at radius 3 is 2.89 bits per heavy atom. The molecule has 0 heterocycles. The molecule has 2 unspecified atom stereocenters. The smallest absolute Gasteiger partial charge is 0.141 e. The van der Waals surface area contributed by atoms with Crippen molar-refractivity contribution in [3.8, 4) is 17.6 Å². The van der Waals surface area contributed by atoms with Crippen LogP contribution in [0, 0.1) is 17.2 Å². The van der Waals surface area contributed by atoms with Gasteiger partial charge in [0.2, 0.25) is 0 Å². The number of rotatable bonds is 4. The molecule has 102 valence electrons. The molecular formula is C16H21NO2. The zero-order valence-electron chi connectivity index (χ0n) is 11.7. The van der Waals surface area contributed by atoms with Crippen molar-refractivity contribution in [2.75, 3.05) is 7.11 Å². The zero-order chi connectivity index (χ0) is 13.7. The van der Waals surface area contributed by atoms with E-state index < -0.39 is 0 Å². The van der Waals surface area contributed by atoms with E-state index in [1.807, 2.05) is 6.07 Å². The maximum atomic E-state index is 9.14. The molecule has 3 heteroatoms. The van der Waals surface area contributed by atoms with E-state index in [0.29, 0.717) is 11.3 Å². The summed E-state index contributed by atoms with van der Waals surface area (Å²) in [7, 11) is 1.62. The minimum absolute atomic E-state index is 0.234. The van der Waals surface area contributed by atoms with Crippen LogP contribution in [0.15, 0.2) is 18.2 Å². The lowest BCUT2D eigenvalue weighted by molar-refractivity contribution is 0.121. The first-order chi connectivity index (χ1) is 9.26. The van der Waals surface area contributed by atoms with Gasteiger partial charge < -0.3 is 9.47 Å². The van der Waals surface area contributed by atoms with Gasteiger partial charge in [0.25, 0.3) is 0 Å². The Labute approximate surface area is 115 Å². The van der Waals surface area contributed by atoms with E-state index >= 15 is 0 Å². The van der Waals surface area contributed by atoms with E-state index in [4.69, 9.17) is 14.7 Å². The van der Waals surface area contributed by atoms with Crippen molar-refractivity contribution in [2.24, 2.45) is 5.92 Å². The average molecular weight is 259 g/mol. The summed E-state index contributed by atoms with van der Waals surface area (Å²) in [6.45, 7) is 2.24. The van der Waals surface area contributed by atoms with Crippen molar-refractivity contribution < 1.29 is 9.47 Å². The zero-order valence-corrected chi connectivity index (χ0v) is 11.7. The van der Waals surface area contributed by atoms with E-state index in [9.17, 15) is 0 Å². The molecule has 3 nitrogen and oxygen atoms in total. The number of benzene rings is 1. The predicted molar refractivity (Wildman–Crippen MR) is 74.4 cm³/mol. The second-order valence-corrected chi connectivity index (χ2v) is 5.15. The van der Waals surface area contributed by atoms with Crippen molar-refractivity contribution in [3.05, 3.63) is 23.8 Å². The Morgan fingerprint density at radius 2 is 2.21 bits per heavy atom. The summed E-state index contributed by atoms with van der Waals surface area (Å²) in [5.41, 5.74) is 0.583. The van der Waals surface area contributed by atoms with Crippen LogP contribution in [0.2, 0.25) is 0 Å². The number of nitrogens with zero attached hydrogens (tertiary/aromatic N) is 1. The van der Waals surface area contributed by atoms with Gasteiger partial charge in [0.15, 0.2) is 0 Å². The van der Waals surface area contributed by atoms with Gasteiger partial charge in [-0.25, -0.2) is 0 Å². The van der Waals surface area contributed by atoms with Crippen LogP contribution in [0.5, 0.6) is 11.5 Å². The van der Waals surface area contributed by atoms with Gasteiger partial charge in [0, 0.05) is 6.07 Å². The van der Waals surface area contributed by atoms with Crippen LogP contribution >= 0.6 is 0 Å². The minimum Gasteiger partial charge on any atom is -0.497 e. The fourth-order valence-corrected chi connectivity index (χ4v) is 2.72. The summed E-state index contributed by atoms with van der Waals surface area (Å²) < 4.78 is 11.2. The molecule has 0 bridgehead atoms. The predicted octanol–water partition coefficient (Wildman–Crippen LogP) is 3.91. The molecule has 0 spiro atoms. The van der Waals surface area contributed by atoms with Crippen LogP contribution in [-0.4, -0.2) is 13.2 Å². The van der Waals surface area contributed by atoms with Crippen molar-refractivity contribution in [3.63, 3.8) is 0 Å². The third kappa shape index (κ3) is 3.41. The lowest BCUT2D eigenvalue weighted by atomic mass is 9.85. The quantitative estimate of drug-likeness (QED) is 0.823. The molecule has 1 aliphatic rings. The molecule has 1 aliphatic carbocycles. The summed E-state index contributed by atoms with van der Waals surface area (Å²) in [5, 5.41) is 9.14. The molecule has 0 saturated heterocycles. The fourth-order valence-electron chi connectivity index (χ4n) is 2.72. The normalized spacial score (nSPS) is 22.6. The minimum atomic E-state index is 0.234. The van der Waals surface area contributed by atoms with E-state index in [1.54, 1.807) is 19.2 Å². The number of hydrogen-bond donors (Lipinski definition) is 0. The van der Waals surface area contributed by atoms with Crippen LogP contribution in [0.1, 0.15) is 44.6 Å². The van der Waals surface area contributed by atoms with E-state index in [1.165, 1.54) is 19.3 Å². The molecular weight excluding hydrogens is 238 g/mol. The summed E-state index contributed by atoms with van der Waals surface area (Å²) in [6, 6.07) is 7.55. The number of hydrogen-bond acceptors (Lipinski definition) is 3. The highest BCUT2D eigenvalue weighted by molar-refractivity contribution is 5.47. The van der Waals surface area contributed by atoms with E-state index in [-0.39, 0.29) is 6.10 Å². The topological polar surface area (TPSA) is 42.2 Å². The third-order valence-electron chi connectivity index (χ3n) is 3.91. The lowest BCUT2D eigenvalue weighted by Gasteiger charge is -2.29. The van der Waals surface area contributed by atoms with Crippen LogP contribution < -0.4 is 9.47 Å². The van der Waals surface area contributed by atoms with Crippen LogP contribution in [0.25, 0.3) is 0 Å². The fraction of sp³-hybridized carbons (Fsp3) is 0.562. The summed E-state index contributed by atoms with van der Waals surface area (Å²) in [5.74, 6) is 2.15. The number of ether oxygens (including phenoxy) is 2. The molecule has 0 radical (unpaired) electrons. The molecule has 0 amide bonds. The van der Waals surface area contributed by atoms with Gasteiger partial charge in [-0.3, -0.25) is 0 Å². The monoisotopic (exact) mass is 259 g/mol. The van der Waals surface area contributed by atoms with Gasteiger partial charge in [0.1, 0.15) is 17.6 Å². The van der Waals surface area contributed by atoms with Crippen molar-refractivity contribution in [1.29, 1.82) is 5.26 Å². The van der Waals surface area contributed by atoms with Gasteiger partial charge in [-0.05, 0) is 37.3 Å². The molecule has 1 aromatic carbocycles. The van der Waals surface area contributed by atoms with Crippen molar-refractivity contribution in [2.45, 2.75) is 45.1 Å². The largest absolute Gasteiger partial charge is 0.497 e. The van der Waals surface area contributed by atoms with Gasteiger partial charge in [-0.2, -0.15) is 5.26 Å². The molecule has 0 N–H and O–H groups in total. The van der Waals surface area contributed by atoms with Crippen molar-refractivity contribution in [1.82, 2.24) is 0 Å². The number of nitriles is 1. The first-order valence-electron chi connectivity index (χ1n) is 7.01. The van der Waals surface area contributed by atoms with Gasteiger partial charge in [-0.1, -0.05) is 19.8 Å². The number of methoxy groups -OCH3 is 1. The lowest BCUT2D eigenvalue weighted by Crippen LogP contribution is -2.25. The standard InChI is InChI=1S/C16H21NO2/c1-3-12-5-4-6-15(9-12)19-16-10-14(18-2)8-7-13(16)11-17/h7-8,10,12,15H,3-6,9H2,1-2H3. The first kappa shape index (κ1) is 13.7. The molecule has 1 fully saturated rings. The van der Waals surface area contributed by atoms with Crippen molar-refractivity contribution >= 4 is 0 Å². The summed E-state index contributed by atoms with van der Waals surface area (Å²) >= 11 is 0. The van der Waals surface area contributed by atoms with Crippen LogP contribution in [-0.2, 0) is 0 Å². The highest BCUT2D eigenvalue weighted by Gasteiger charge is 2.23. The maximum Gasteiger partial charge on any atom is 0.141 e. The molecule has 2 atom stereocenters. The summed E-state index contributed by atoms with van der Waals surface area (Å²) in [4.78, 5) is 0. The Balaban J connectivity index is 2.11. The van der Waals surface area contributed by atoms with Crippen LogP contribution in [0.3, 0.4) is 0 Å². The Hall–Kier alpha value is -1.69. The Kier molecular flexibility index (Phi) is 4.68. The molecule has 0 aliphatic heterocycles. The van der Waals surface area contributed by atoms with Gasteiger partial charge in [0.05, 0.1) is 18.8 Å². The maximum absolute atomic E-state index is 9.14. The Bertz CT molecular complexity index is 464. The highest BCUT2D eigenvalue weighted by Crippen LogP contribution is 2.32.